The smallest absolute Gasteiger partial charge is 0.254 e. The van der Waals surface area contributed by atoms with Crippen LogP contribution in [0.5, 0.6) is 0 Å². The Hall–Kier alpha value is -0.870. The van der Waals surface area contributed by atoms with Gasteiger partial charge in [-0.3, -0.25) is 9.69 Å². The summed E-state index contributed by atoms with van der Waals surface area (Å²) in [5.41, 5.74) is 1.85. The maximum atomic E-state index is 12.6. The molecule has 0 radical (unpaired) electrons. The topological polar surface area (TPSA) is 23.6 Å². The van der Waals surface area contributed by atoms with Crippen LogP contribution in [0.4, 0.5) is 0 Å². The third-order valence-electron chi connectivity index (χ3n) is 3.78. The molecule has 1 amide bonds. The van der Waals surface area contributed by atoms with E-state index in [1.54, 1.807) is 0 Å². The summed E-state index contributed by atoms with van der Waals surface area (Å²) in [6.07, 6.45) is 0. The normalized spacial score (nSPS) is 16.8. The lowest BCUT2D eigenvalue weighted by molar-refractivity contribution is 0.0623. The number of hydrogen-bond donors (Lipinski definition) is 0. The Morgan fingerprint density at radius 2 is 1.90 bits per heavy atom. The molecule has 1 aliphatic heterocycles. The Kier molecular flexibility index (Phi) is 5.22. The minimum atomic E-state index is 0.160. The number of hydrogen-bond acceptors (Lipinski definition) is 2. The van der Waals surface area contributed by atoms with Crippen molar-refractivity contribution >= 4 is 21.8 Å². The van der Waals surface area contributed by atoms with Gasteiger partial charge in [-0.1, -0.05) is 35.8 Å². The molecule has 4 heteroatoms. The first-order valence-electron chi connectivity index (χ1n) is 7.25. The lowest BCUT2D eigenvalue weighted by Crippen LogP contribution is -2.49. The second-order valence-corrected chi connectivity index (χ2v) is 6.75. The summed E-state index contributed by atoms with van der Waals surface area (Å²) in [6.45, 7) is 11.2. The highest BCUT2D eigenvalue weighted by molar-refractivity contribution is 9.10. The van der Waals surface area contributed by atoms with Gasteiger partial charge in [-0.2, -0.15) is 0 Å². The quantitative estimate of drug-likeness (QED) is 0.845. The predicted octanol–water partition coefficient (Wildman–Crippen LogP) is 3.17. The van der Waals surface area contributed by atoms with E-state index in [-0.39, 0.29) is 5.91 Å². The highest BCUT2D eigenvalue weighted by Gasteiger charge is 2.23. The number of carbonyl (C=O) groups is 1. The van der Waals surface area contributed by atoms with Crippen molar-refractivity contribution in [2.75, 3.05) is 32.7 Å². The van der Waals surface area contributed by atoms with Gasteiger partial charge in [0.05, 0.1) is 0 Å². The summed E-state index contributed by atoms with van der Waals surface area (Å²) in [5.74, 6) is 0.845. The number of halogens is 1. The second-order valence-electron chi connectivity index (χ2n) is 5.90. The summed E-state index contributed by atoms with van der Waals surface area (Å²) >= 11 is 3.50. The summed E-state index contributed by atoms with van der Waals surface area (Å²) in [6, 6.07) is 5.83. The van der Waals surface area contributed by atoms with Gasteiger partial charge in [0.25, 0.3) is 5.91 Å². The van der Waals surface area contributed by atoms with Crippen LogP contribution >= 0.6 is 15.9 Å². The van der Waals surface area contributed by atoms with Crippen molar-refractivity contribution in [2.24, 2.45) is 5.92 Å². The molecule has 0 bridgehead atoms. The molecule has 110 valence electrons. The largest absolute Gasteiger partial charge is 0.336 e. The number of amides is 1. The molecule has 1 aromatic carbocycles. The molecule has 0 spiro atoms. The molecule has 0 unspecified atom stereocenters. The Bertz CT molecular complexity index is 479. The number of piperazine rings is 1. The highest BCUT2D eigenvalue weighted by Crippen LogP contribution is 2.21. The fraction of sp³-hybridized carbons (Fsp3) is 0.562. The van der Waals surface area contributed by atoms with Crippen molar-refractivity contribution in [3.8, 4) is 0 Å². The number of carbonyl (C=O) groups excluding carboxylic acids is 1. The van der Waals surface area contributed by atoms with Crippen LogP contribution in [0.15, 0.2) is 22.7 Å². The zero-order valence-electron chi connectivity index (χ0n) is 12.5. The van der Waals surface area contributed by atoms with Crippen LogP contribution in [0, 0.1) is 12.8 Å². The fourth-order valence-electron chi connectivity index (χ4n) is 2.66. The predicted molar refractivity (Wildman–Crippen MR) is 86.1 cm³/mol. The SMILES string of the molecule is Cc1c(Br)cccc1C(=O)N1CCN(CC(C)C)CC1. The molecule has 0 N–H and O–H groups in total. The molecule has 3 nitrogen and oxygen atoms in total. The molecule has 0 aromatic heterocycles. The van der Waals surface area contributed by atoms with Crippen molar-refractivity contribution in [3.63, 3.8) is 0 Å². The Balaban J connectivity index is 2.00. The van der Waals surface area contributed by atoms with E-state index in [2.05, 4.69) is 34.7 Å². The van der Waals surface area contributed by atoms with Crippen molar-refractivity contribution < 1.29 is 4.79 Å². The maximum absolute atomic E-state index is 12.6. The summed E-state index contributed by atoms with van der Waals surface area (Å²) < 4.78 is 1.00. The van der Waals surface area contributed by atoms with Crippen LogP contribution in [0.1, 0.15) is 29.8 Å². The van der Waals surface area contributed by atoms with Crippen molar-refractivity contribution in [1.29, 1.82) is 0 Å². The Morgan fingerprint density at radius 1 is 1.25 bits per heavy atom. The van der Waals surface area contributed by atoms with E-state index >= 15 is 0 Å². The Labute approximate surface area is 130 Å². The van der Waals surface area contributed by atoms with Gasteiger partial charge < -0.3 is 4.90 Å². The molecule has 1 saturated heterocycles. The first kappa shape index (κ1) is 15.5. The van der Waals surface area contributed by atoms with Gasteiger partial charge >= 0.3 is 0 Å². The zero-order chi connectivity index (χ0) is 14.7. The maximum Gasteiger partial charge on any atom is 0.254 e. The monoisotopic (exact) mass is 338 g/mol. The summed E-state index contributed by atoms with van der Waals surface area (Å²) in [4.78, 5) is 17.0. The van der Waals surface area contributed by atoms with Crippen molar-refractivity contribution in [2.45, 2.75) is 20.8 Å². The van der Waals surface area contributed by atoms with Gasteiger partial charge in [-0.05, 0) is 30.5 Å². The van der Waals surface area contributed by atoms with Gasteiger partial charge in [-0.25, -0.2) is 0 Å². The minimum absolute atomic E-state index is 0.160. The fourth-order valence-corrected chi connectivity index (χ4v) is 3.03. The molecular weight excluding hydrogens is 316 g/mol. The van der Waals surface area contributed by atoms with Crippen LogP contribution in [0.25, 0.3) is 0 Å². The van der Waals surface area contributed by atoms with Crippen LogP contribution in [-0.2, 0) is 0 Å². The molecule has 20 heavy (non-hydrogen) atoms. The van der Waals surface area contributed by atoms with E-state index in [1.165, 1.54) is 0 Å². The highest BCUT2D eigenvalue weighted by atomic mass is 79.9. The number of nitrogens with zero attached hydrogens (tertiary/aromatic N) is 2. The number of rotatable bonds is 3. The third kappa shape index (κ3) is 3.61. The van der Waals surface area contributed by atoms with Crippen LogP contribution < -0.4 is 0 Å². The molecule has 0 aliphatic carbocycles. The van der Waals surface area contributed by atoms with Gasteiger partial charge in [0.2, 0.25) is 0 Å². The van der Waals surface area contributed by atoms with E-state index < -0.39 is 0 Å². The van der Waals surface area contributed by atoms with Crippen molar-refractivity contribution in [3.05, 3.63) is 33.8 Å². The van der Waals surface area contributed by atoms with E-state index in [0.29, 0.717) is 5.92 Å². The molecule has 2 rings (SSSR count). The molecule has 1 aliphatic rings. The standard InChI is InChI=1S/C16H23BrN2O/c1-12(2)11-18-7-9-19(10-8-18)16(20)14-5-4-6-15(17)13(14)3/h4-6,12H,7-11H2,1-3H3. The van der Waals surface area contributed by atoms with Gasteiger partial charge in [0.1, 0.15) is 0 Å². The first-order chi connectivity index (χ1) is 9.49. The number of benzene rings is 1. The van der Waals surface area contributed by atoms with Crippen molar-refractivity contribution in [1.82, 2.24) is 9.80 Å². The minimum Gasteiger partial charge on any atom is -0.336 e. The second kappa shape index (κ2) is 6.72. The third-order valence-corrected chi connectivity index (χ3v) is 4.64. The molecule has 0 atom stereocenters. The Morgan fingerprint density at radius 3 is 2.50 bits per heavy atom. The van der Waals surface area contributed by atoms with Gasteiger partial charge in [-0.15, -0.1) is 0 Å². The first-order valence-corrected chi connectivity index (χ1v) is 8.05. The zero-order valence-corrected chi connectivity index (χ0v) is 14.1. The summed E-state index contributed by atoms with van der Waals surface area (Å²) in [5, 5.41) is 0. The van der Waals surface area contributed by atoms with E-state index in [9.17, 15) is 4.79 Å². The average molecular weight is 339 g/mol. The van der Waals surface area contributed by atoms with Gasteiger partial charge in [0, 0.05) is 42.8 Å². The van der Waals surface area contributed by atoms with E-state index in [0.717, 1.165) is 48.3 Å². The van der Waals surface area contributed by atoms with Crippen LogP contribution in [-0.4, -0.2) is 48.4 Å². The average Bonchev–Trinajstić information content (AvgIpc) is 2.41. The molecule has 1 heterocycles. The molecular formula is C16H23BrN2O. The van der Waals surface area contributed by atoms with Gasteiger partial charge in [0.15, 0.2) is 0 Å². The van der Waals surface area contributed by atoms with E-state index in [1.807, 2.05) is 30.0 Å². The molecule has 1 aromatic rings. The van der Waals surface area contributed by atoms with Crippen LogP contribution in [0.2, 0.25) is 0 Å². The molecule has 1 fully saturated rings. The van der Waals surface area contributed by atoms with E-state index in [4.69, 9.17) is 0 Å². The lowest BCUT2D eigenvalue weighted by atomic mass is 10.1. The van der Waals surface area contributed by atoms with Crippen LogP contribution in [0.3, 0.4) is 0 Å². The summed E-state index contributed by atoms with van der Waals surface area (Å²) in [7, 11) is 0. The molecule has 0 saturated carbocycles. The lowest BCUT2D eigenvalue weighted by Gasteiger charge is -2.35.